The van der Waals surface area contributed by atoms with Gasteiger partial charge in [0.05, 0.1) is 26.0 Å². The highest BCUT2D eigenvalue weighted by Crippen LogP contribution is 2.52. The number of fused-ring (bicyclic) bond motifs is 4. The van der Waals surface area contributed by atoms with Crippen molar-refractivity contribution in [2.45, 2.75) is 50.8 Å². The summed E-state index contributed by atoms with van der Waals surface area (Å²) in [6.07, 6.45) is 5.22. The summed E-state index contributed by atoms with van der Waals surface area (Å²) in [5, 5.41) is 7.40. The quantitative estimate of drug-likeness (QED) is 0.724. The van der Waals surface area contributed by atoms with Gasteiger partial charge in [0.25, 0.3) is 0 Å². The predicted octanol–water partition coefficient (Wildman–Crippen LogP) is 5.15. The molecule has 5 nitrogen and oxygen atoms in total. The smallest absolute Gasteiger partial charge is 0.198 e. The van der Waals surface area contributed by atoms with Crippen LogP contribution in [-0.2, 0) is 0 Å². The van der Waals surface area contributed by atoms with Crippen LogP contribution in [0.1, 0.15) is 56.2 Å². The number of hydrogen-bond donors (Lipinski definition) is 0. The lowest BCUT2D eigenvalue weighted by molar-refractivity contribution is -0.145. The van der Waals surface area contributed by atoms with Gasteiger partial charge in [-0.2, -0.15) is 5.10 Å². The predicted molar refractivity (Wildman–Crippen MR) is 113 cm³/mol. The van der Waals surface area contributed by atoms with Gasteiger partial charge in [0.15, 0.2) is 5.72 Å². The number of nitrogens with zero attached hydrogens (tertiary/aromatic N) is 2. The number of rotatable bonds is 3. The lowest BCUT2D eigenvalue weighted by atomic mass is 9.82. The normalized spacial score (nSPS) is 27.7. The Kier molecular flexibility index (Phi) is 4.41. The second kappa shape index (κ2) is 6.97. The van der Waals surface area contributed by atoms with E-state index in [1.54, 1.807) is 14.2 Å². The summed E-state index contributed by atoms with van der Waals surface area (Å²) in [5.74, 6) is 3.44. The van der Waals surface area contributed by atoms with Gasteiger partial charge < -0.3 is 14.2 Å². The molecule has 2 heterocycles. The van der Waals surface area contributed by atoms with Crippen molar-refractivity contribution in [3.05, 3.63) is 53.6 Å². The van der Waals surface area contributed by atoms with Crippen molar-refractivity contribution in [2.24, 2.45) is 11.0 Å². The fourth-order valence-electron chi connectivity index (χ4n) is 4.89. The molecular formula is C24H28N2O3. The molecule has 0 bridgehead atoms. The SMILES string of the molecule is COc1ccc(C2=NN3[C@H](C2)c2cc(OC)ccc2OC32CCC(C)CC2)cc1. The molecule has 0 saturated heterocycles. The van der Waals surface area contributed by atoms with Crippen LogP contribution in [0, 0.1) is 5.92 Å². The van der Waals surface area contributed by atoms with Gasteiger partial charge >= 0.3 is 0 Å². The van der Waals surface area contributed by atoms with E-state index in [-0.39, 0.29) is 11.8 Å². The summed E-state index contributed by atoms with van der Waals surface area (Å²) in [7, 11) is 3.40. The molecule has 0 unspecified atom stereocenters. The van der Waals surface area contributed by atoms with Crippen molar-refractivity contribution in [1.29, 1.82) is 0 Å². The average Bonchev–Trinajstić information content (AvgIpc) is 3.22. The van der Waals surface area contributed by atoms with Gasteiger partial charge in [-0.25, -0.2) is 5.01 Å². The molecule has 1 fully saturated rings. The minimum Gasteiger partial charge on any atom is -0.497 e. The van der Waals surface area contributed by atoms with Crippen LogP contribution >= 0.6 is 0 Å². The first-order chi connectivity index (χ1) is 14.1. The van der Waals surface area contributed by atoms with Crippen LogP contribution in [0.15, 0.2) is 47.6 Å². The van der Waals surface area contributed by atoms with E-state index in [1.807, 2.05) is 18.2 Å². The second-order valence-electron chi connectivity index (χ2n) is 8.47. The molecule has 29 heavy (non-hydrogen) atoms. The molecule has 2 aromatic rings. The Hall–Kier alpha value is -2.69. The van der Waals surface area contributed by atoms with Gasteiger partial charge in [-0.3, -0.25) is 0 Å². The molecule has 1 aliphatic carbocycles. The van der Waals surface area contributed by atoms with Crippen molar-refractivity contribution in [3.63, 3.8) is 0 Å². The van der Waals surface area contributed by atoms with E-state index in [0.29, 0.717) is 0 Å². The summed E-state index contributed by atoms with van der Waals surface area (Å²) < 4.78 is 17.5. The Morgan fingerprint density at radius 2 is 1.69 bits per heavy atom. The molecule has 5 heteroatoms. The van der Waals surface area contributed by atoms with E-state index in [0.717, 1.165) is 53.7 Å². The van der Waals surface area contributed by atoms with E-state index >= 15 is 0 Å². The fourth-order valence-corrected chi connectivity index (χ4v) is 4.89. The lowest BCUT2D eigenvalue weighted by Gasteiger charge is -2.50. The molecule has 1 saturated carbocycles. The number of benzene rings is 2. The van der Waals surface area contributed by atoms with Crippen LogP contribution in [0.5, 0.6) is 17.2 Å². The maximum atomic E-state index is 6.69. The van der Waals surface area contributed by atoms with Gasteiger partial charge in [-0.05, 0) is 66.8 Å². The molecule has 0 N–H and O–H groups in total. The molecule has 152 valence electrons. The van der Waals surface area contributed by atoms with Crippen LogP contribution in [0.4, 0.5) is 0 Å². The maximum absolute atomic E-state index is 6.69. The highest BCUT2D eigenvalue weighted by Gasteiger charge is 2.51. The Morgan fingerprint density at radius 1 is 1.00 bits per heavy atom. The van der Waals surface area contributed by atoms with Gasteiger partial charge in [-0.15, -0.1) is 0 Å². The van der Waals surface area contributed by atoms with Crippen molar-refractivity contribution in [2.75, 3.05) is 14.2 Å². The molecule has 5 rings (SSSR count). The third-order valence-electron chi connectivity index (χ3n) is 6.68. The molecule has 0 aromatic heterocycles. The zero-order valence-electron chi connectivity index (χ0n) is 17.4. The highest BCUT2D eigenvalue weighted by atomic mass is 16.5. The molecule has 1 atom stereocenters. The lowest BCUT2D eigenvalue weighted by Crippen LogP contribution is -2.55. The van der Waals surface area contributed by atoms with Crippen LogP contribution in [-0.4, -0.2) is 30.7 Å². The molecule has 2 aromatic carbocycles. The zero-order chi connectivity index (χ0) is 20.0. The van der Waals surface area contributed by atoms with Crippen molar-refractivity contribution >= 4 is 5.71 Å². The first-order valence-corrected chi connectivity index (χ1v) is 10.5. The Morgan fingerprint density at radius 3 is 2.38 bits per heavy atom. The number of hydrazone groups is 1. The van der Waals surface area contributed by atoms with E-state index in [1.165, 1.54) is 18.4 Å². The molecular weight excluding hydrogens is 364 g/mol. The highest BCUT2D eigenvalue weighted by molar-refractivity contribution is 6.02. The summed E-state index contributed by atoms with van der Waals surface area (Å²) in [4.78, 5) is 0. The van der Waals surface area contributed by atoms with E-state index in [9.17, 15) is 0 Å². The number of ether oxygens (including phenoxy) is 3. The van der Waals surface area contributed by atoms with Crippen LogP contribution < -0.4 is 14.2 Å². The van der Waals surface area contributed by atoms with Crippen LogP contribution in [0.2, 0.25) is 0 Å². The summed E-state index contributed by atoms with van der Waals surface area (Å²) >= 11 is 0. The Labute approximate surface area is 172 Å². The minimum absolute atomic E-state index is 0.180. The molecule has 1 spiro atoms. The zero-order valence-corrected chi connectivity index (χ0v) is 17.4. The summed E-state index contributed by atoms with van der Waals surface area (Å²) in [6, 6.07) is 14.5. The molecule has 0 radical (unpaired) electrons. The van der Waals surface area contributed by atoms with Gasteiger partial charge in [0.2, 0.25) is 0 Å². The largest absolute Gasteiger partial charge is 0.497 e. The number of methoxy groups -OCH3 is 2. The summed E-state index contributed by atoms with van der Waals surface area (Å²) in [6.45, 7) is 2.34. The van der Waals surface area contributed by atoms with Crippen molar-refractivity contribution in [3.8, 4) is 17.2 Å². The maximum Gasteiger partial charge on any atom is 0.198 e. The van der Waals surface area contributed by atoms with E-state index < -0.39 is 0 Å². The van der Waals surface area contributed by atoms with Gasteiger partial charge in [0.1, 0.15) is 17.2 Å². The monoisotopic (exact) mass is 392 g/mol. The van der Waals surface area contributed by atoms with Gasteiger partial charge in [-0.1, -0.05) is 6.92 Å². The third kappa shape index (κ3) is 3.04. The summed E-state index contributed by atoms with van der Waals surface area (Å²) in [5.41, 5.74) is 3.08. The van der Waals surface area contributed by atoms with Crippen LogP contribution in [0.3, 0.4) is 0 Å². The topological polar surface area (TPSA) is 43.3 Å². The first kappa shape index (κ1) is 18.3. The standard InChI is InChI=1S/C24H28N2O3/c1-16-10-12-24(13-11-16)26-22(20-14-19(28-3)8-9-23(20)29-24)15-21(25-26)17-4-6-18(27-2)7-5-17/h4-9,14,16,22H,10-13,15H2,1-3H3/t16?,22-,24?/m1/s1. The molecule has 3 aliphatic rings. The van der Waals surface area contributed by atoms with E-state index in [2.05, 4.69) is 36.2 Å². The second-order valence-corrected chi connectivity index (χ2v) is 8.47. The van der Waals surface area contributed by atoms with Crippen molar-refractivity contribution < 1.29 is 14.2 Å². The van der Waals surface area contributed by atoms with Crippen LogP contribution in [0.25, 0.3) is 0 Å². The number of hydrogen-bond acceptors (Lipinski definition) is 5. The van der Waals surface area contributed by atoms with Crippen molar-refractivity contribution in [1.82, 2.24) is 5.01 Å². The average molecular weight is 392 g/mol. The first-order valence-electron chi connectivity index (χ1n) is 10.5. The Balaban J connectivity index is 1.56. The Bertz CT molecular complexity index is 930. The van der Waals surface area contributed by atoms with E-state index in [4.69, 9.17) is 19.3 Å². The molecule has 0 amide bonds. The minimum atomic E-state index is -0.340. The third-order valence-corrected chi connectivity index (χ3v) is 6.68. The van der Waals surface area contributed by atoms with Gasteiger partial charge in [0, 0.05) is 24.8 Å². The molecule has 2 aliphatic heterocycles. The fraction of sp³-hybridized carbons (Fsp3) is 0.458.